The van der Waals surface area contributed by atoms with E-state index >= 15 is 0 Å². The smallest absolute Gasteiger partial charge is 0.238 e. The maximum absolute atomic E-state index is 12.1. The molecular weight excluding hydrogens is 290 g/mol. The van der Waals surface area contributed by atoms with Gasteiger partial charge in [-0.2, -0.15) is 0 Å². The predicted molar refractivity (Wildman–Crippen MR) is 85.5 cm³/mol. The lowest BCUT2D eigenvalue weighted by atomic mass is 9.98. The van der Waals surface area contributed by atoms with E-state index in [1.165, 1.54) is 0 Å². The Hall–Kier alpha value is -1.30. The van der Waals surface area contributed by atoms with Crippen LogP contribution >= 0.6 is 11.6 Å². The summed E-state index contributed by atoms with van der Waals surface area (Å²) in [5, 5.41) is 3.29. The van der Waals surface area contributed by atoms with Gasteiger partial charge in [-0.25, -0.2) is 0 Å². The molecule has 1 aromatic rings. The number of benzene rings is 1. The number of likely N-dealkylation sites (tertiary alicyclic amines) is 1. The molecule has 0 spiro atoms. The third-order valence-corrected chi connectivity index (χ3v) is 4.06. The zero-order valence-corrected chi connectivity index (χ0v) is 13.0. The lowest BCUT2D eigenvalue weighted by Crippen LogP contribution is -2.40. The molecule has 0 aliphatic carbocycles. The van der Waals surface area contributed by atoms with Gasteiger partial charge >= 0.3 is 0 Å². The maximum atomic E-state index is 12.1. The predicted octanol–water partition coefficient (Wildman–Crippen LogP) is 2.22. The van der Waals surface area contributed by atoms with Crippen LogP contribution in [0, 0.1) is 5.92 Å². The fourth-order valence-electron chi connectivity index (χ4n) is 2.57. The minimum atomic E-state index is -0.0492. The summed E-state index contributed by atoms with van der Waals surface area (Å²) in [6.07, 6.45) is 2.15. The number of nitrogens with two attached hydrogens (primary N) is 1. The highest BCUT2D eigenvalue weighted by Gasteiger charge is 2.20. The van der Waals surface area contributed by atoms with E-state index in [2.05, 4.69) is 10.2 Å². The molecule has 6 heteroatoms. The first-order chi connectivity index (χ1) is 10.1. The lowest BCUT2D eigenvalue weighted by Gasteiger charge is -2.31. The fraction of sp³-hybridized carbons (Fsp3) is 0.533. The fourth-order valence-corrected chi connectivity index (χ4v) is 2.81. The van der Waals surface area contributed by atoms with Crippen LogP contribution in [0.5, 0.6) is 0 Å². The number of anilines is 2. The number of nitrogens with zero attached hydrogens (tertiary/aromatic N) is 1. The standard InChI is InChI=1S/C15H22ClN3O2/c1-21-10-11-4-6-19(7-5-11)9-15(20)18-14-3-2-12(17)8-13(14)16/h2-3,8,11H,4-7,9-10,17H2,1H3,(H,18,20). The molecule has 1 saturated heterocycles. The molecule has 0 atom stereocenters. The van der Waals surface area contributed by atoms with Crippen LogP contribution < -0.4 is 11.1 Å². The SMILES string of the molecule is COCC1CCN(CC(=O)Nc2ccc(N)cc2Cl)CC1. The quantitative estimate of drug-likeness (QED) is 0.818. The summed E-state index contributed by atoms with van der Waals surface area (Å²) in [5.74, 6) is 0.563. The molecule has 1 aromatic carbocycles. The van der Waals surface area contributed by atoms with Crippen molar-refractivity contribution < 1.29 is 9.53 Å². The second kappa shape index (κ2) is 7.64. The summed E-state index contributed by atoms with van der Waals surface area (Å²) in [7, 11) is 1.73. The van der Waals surface area contributed by atoms with Crippen molar-refractivity contribution in [3.63, 3.8) is 0 Å². The average molecular weight is 312 g/mol. The minimum absolute atomic E-state index is 0.0492. The Balaban J connectivity index is 1.80. The number of rotatable bonds is 5. The molecule has 116 valence electrons. The number of carbonyl (C=O) groups excluding carboxylic acids is 1. The van der Waals surface area contributed by atoms with E-state index in [-0.39, 0.29) is 5.91 Å². The van der Waals surface area contributed by atoms with E-state index in [1.807, 2.05) is 0 Å². The molecule has 0 radical (unpaired) electrons. The lowest BCUT2D eigenvalue weighted by molar-refractivity contribution is -0.117. The zero-order chi connectivity index (χ0) is 15.2. The van der Waals surface area contributed by atoms with E-state index in [0.717, 1.165) is 32.5 Å². The molecule has 0 bridgehead atoms. The average Bonchev–Trinajstić information content (AvgIpc) is 2.44. The third-order valence-electron chi connectivity index (χ3n) is 3.74. The molecule has 1 aliphatic rings. The van der Waals surface area contributed by atoms with Gasteiger partial charge in [0.1, 0.15) is 0 Å². The van der Waals surface area contributed by atoms with Gasteiger partial charge in [-0.1, -0.05) is 11.6 Å². The Bertz CT molecular complexity index is 488. The Morgan fingerprint density at radius 2 is 2.19 bits per heavy atom. The summed E-state index contributed by atoms with van der Waals surface area (Å²) in [6, 6.07) is 5.07. The second-order valence-electron chi connectivity index (χ2n) is 5.46. The van der Waals surface area contributed by atoms with Crippen LogP contribution in [0.4, 0.5) is 11.4 Å². The molecule has 2 rings (SSSR count). The Morgan fingerprint density at radius 3 is 2.81 bits per heavy atom. The van der Waals surface area contributed by atoms with Gasteiger partial charge in [-0.3, -0.25) is 9.69 Å². The van der Waals surface area contributed by atoms with Crippen molar-refractivity contribution in [3.8, 4) is 0 Å². The number of methoxy groups -OCH3 is 1. The van der Waals surface area contributed by atoms with Crippen molar-refractivity contribution in [2.45, 2.75) is 12.8 Å². The van der Waals surface area contributed by atoms with Crippen LogP contribution in [0.25, 0.3) is 0 Å². The van der Waals surface area contributed by atoms with Gasteiger partial charge in [-0.15, -0.1) is 0 Å². The largest absolute Gasteiger partial charge is 0.399 e. The molecule has 0 aromatic heterocycles. The van der Waals surface area contributed by atoms with Gasteiger partial charge in [0.25, 0.3) is 0 Å². The van der Waals surface area contributed by atoms with Gasteiger partial charge in [0.05, 0.1) is 17.3 Å². The summed E-state index contributed by atoms with van der Waals surface area (Å²) in [6.45, 7) is 3.05. The van der Waals surface area contributed by atoms with Crippen molar-refractivity contribution in [2.75, 3.05) is 44.4 Å². The third kappa shape index (κ3) is 4.88. The molecule has 21 heavy (non-hydrogen) atoms. The molecule has 1 fully saturated rings. The first-order valence-corrected chi connectivity index (χ1v) is 7.52. The summed E-state index contributed by atoms with van der Waals surface area (Å²) < 4.78 is 5.18. The van der Waals surface area contributed by atoms with E-state index in [0.29, 0.717) is 28.9 Å². The summed E-state index contributed by atoms with van der Waals surface area (Å²) in [5.41, 5.74) is 6.81. The Labute approximate surface area is 130 Å². The van der Waals surface area contributed by atoms with Crippen LogP contribution in [-0.4, -0.2) is 44.2 Å². The summed E-state index contributed by atoms with van der Waals surface area (Å²) in [4.78, 5) is 14.2. The van der Waals surface area contributed by atoms with Crippen LogP contribution in [-0.2, 0) is 9.53 Å². The maximum Gasteiger partial charge on any atom is 0.238 e. The monoisotopic (exact) mass is 311 g/mol. The van der Waals surface area contributed by atoms with E-state index in [1.54, 1.807) is 25.3 Å². The van der Waals surface area contributed by atoms with Crippen molar-refractivity contribution in [3.05, 3.63) is 23.2 Å². The van der Waals surface area contributed by atoms with Crippen LogP contribution in [0.15, 0.2) is 18.2 Å². The number of nitrogens with one attached hydrogen (secondary N) is 1. The van der Waals surface area contributed by atoms with Crippen molar-refractivity contribution >= 4 is 28.9 Å². The van der Waals surface area contributed by atoms with E-state index in [9.17, 15) is 4.79 Å². The first-order valence-electron chi connectivity index (χ1n) is 7.14. The molecule has 0 saturated carbocycles. The van der Waals surface area contributed by atoms with Crippen LogP contribution in [0.3, 0.4) is 0 Å². The van der Waals surface area contributed by atoms with Gasteiger partial charge in [0.15, 0.2) is 0 Å². The number of hydrogen-bond donors (Lipinski definition) is 2. The van der Waals surface area contributed by atoms with Crippen LogP contribution in [0.2, 0.25) is 5.02 Å². The molecule has 1 amide bonds. The Morgan fingerprint density at radius 1 is 1.48 bits per heavy atom. The van der Waals surface area contributed by atoms with Crippen molar-refractivity contribution in [1.82, 2.24) is 4.90 Å². The highest BCUT2D eigenvalue weighted by Crippen LogP contribution is 2.24. The molecular formula is C15H22ClN3O2. The number of halogens is 1. The van der Waals surface area contributed by atoms with Gasteiger partial charge < -0.3 is 15.8 Å². The van der Waals surface area contributed by atoms with Crippen molar-refractivity contribution in [1.29, 1.82) is 0 Å². The molecule has 5 nitrogen and oxygen atoms in total. The molecule has 3 N–H and O–H groups in total. The molecule has 1 heterocycles. The first kappa shape index (κ1) is 16.1. The van der Waals surface area contributed by atoms with E-state index < -0.39 is 0 Å². The number of carbonyl (C=O) groups is 1. The summed E-state index contributed by atoms with van der Waals surface area (Å²) >= 11 is 6.05. The van der Waals surface area contributed by atoms with Crippen LogP contribution in [0.1, 0.15) is 12.8 Å². The molecule has 1 aliphatic heterocycles. The number of nitrogen functional groups attached to an aromatic ring is 1. The highest BCUT2D eigenvalue weighted by atomic mass is 35.5. The number of hydrogen-bond acceptors (Lipinski definition) is 4. The Kier molecular flexibility index (Phi) is 5.85. The highest BCUT2D eigenvalue weighted by molar-refractivity contribution is 6.34. The van der Waals surface area contributed by atoms with Gasteiger partial charge in [0.2, 0.25) is 5.91 Å². The van der Waals surface area contributed by atoms with E-state index in [4.69, 9.17) is 22.1 Å². The number of ether oxygens (including phenoxy) is 1. The number of piperidine rings is 1. The minimum Gasteiger partial charge on any atom is -0.399 e. The van der Waals surface area contributed by atoms with Crippen molar-refractivity contribution in [2.24, 2.45) is 5.92 Å². The number of amides is 1. The van der Waals surface area contributed by atoms with Gasteiger partial charge in [-0.05, 0) is 50.0 Å². The second-order valence-corrected chi connectivity index (χ2v) is 5.87. The molecule has 0 unspecified atom stereocenters. The zero-order valence-electron chi connectivity index (χ0n) is 12.3. The van der Waals surface area contributed by atoms with Gasteiger partial charge in [0, 0.05) is 19.4 Å². The normalized spacial score (nSPS) is 16.9. The topological polar surface area (TPSA) is 67.6 Å².